The molecule has 6 nitrogen and oxygen atoms in total. The first-order chi connectivity index (χ1) is 14.0. The normalized spacial score (nSPS) is 20.1. The first-order valence-corrected chi connectivity index (χ1v) is 10.4. The van der Waals surface area contributed by atoms with Crippen LogP contribution >= 0.6 is 0 Å². The fourth-order valence-corrected chi connectivity index (χ4v) is 4.40. The van der Waals surface area contributed by atoms with E-state index in [0.29, 0.717) is 25.6 Å². The molecule has 0 bridgehead atoms. The van der Waals surface area contributed by atoms with Gasteiger partial charge in [-0.15, -0.1) is 0 Å². The molecule has 0 spiro atoms. The Morgan fingerprint density at radius 3 is 2.62 bits per heavy atom. The highest BCUT2D eigenvalue weighted by Crippen LogP contribution is 2.32. The Bertz CT molecular complexity index is 866. The highest BCUT2D eigenvalue weighted by atomic mass is 19.1. The fraction of sp³-hybridized carbons (Fsp3) is 0.500. The van der Waals surface area contributed by atoms with Crippen LogP contribution in [0, 0.1) is 5.82 Å². The second-order valence-corrected chi connectivity index (χ2v) is 8.08. The van der Waals surface area contributed by atoms with Gasteiger partial charge in [-0.05, 0) is 44.2 Å². The molecule has 1 amide bonds. The molecule has 2 fully saturated rings. The number of anilines is 2. The minimum atomic E-state index is -0.303. The first-order valence-electron chi connectivity index (χ1n) is 10.4. The van der Waals surface area contributed by atoms with E-state index < -0.39 is 0 Å². The van der Waals surface area contributed by atoms with Crippen LogP contribution in [0.5, 0.6) is 0 Å². The lowest BCUT2D eigenvalue weighted by Gasteiger charge is -2.23. The second kappa shape index (κ2) is 8.45. The third-order valence-electron chi connectivity index (χ3n) is 6.07. The van der Waals surface area contributed by atoms with Crippen molar-refractivity contribution in [1.29, 1.82) is 0 Å². The molecule has 2 aliphatic rings. The molecule has 2 heterocycles. The number of carbonyl (C=O) groups excluding carboxylic acids is 1. The van der Waals surface area contributed by atoms with Crippen LogP contribution < -0.4 is 10.2 Å². The van der Waals surface area contributed by atoms with Crippen molar-refractivity contribution in [3.8, 4) is 0 Å². The summed E-state index contributed by atoms with van der Waals surface area (Å²) < 4.78 is 13.2. The molecule has 154 valence electrons. The van der Waals surface area contributed by atoms with Gasteiger partial charge in [0.2, 0.25) is 5.91 Å². The summed E-state index contributed by atoms with van der Waals surface area (Å²) in [5.41, 5.74) is 1.61. The molecular formula is C22H28FN5O. The maximum atomic E-state index is 13.2. The van der Waals surface area contributed by atoms with Crippen molar-refractivity contribution in [2.75, 3.05) is 30.9 Å². The van der Waals surface area contributed by atoms with E-state index in [-0.39, 0.29) is 17.6 Å². The van der Waals surface area contributed by atoms with Crippen molar-refractivity contribution in [3.63, 3.8) is 0 Å². The van der Waals surface area contributed by atoms with Crippen molar-refractivity contribution < 1.29 is 9.18 Å². The lowest BCUT2D eigenvalue weighted by atomic mass is 10.0. The zero-order chi connectivity index (χ0) is 20.4. The highest BCUT2D eigenvalue weighted by Gasteiger charge is 2.33. The van der Waals surface area contributed by atoms with E-state index in [0.717, 1.165) is 23.0 Å². The van der Waals surface area contributed by atoms with Gasteiger partial charge in [0.15, 0.2) is 0 Å². The third kappa shape index (κ3) is 4.40. The molecule has 1 saturated carbocycles. The summed E-state index contributed by atoms with van der Waals surface area (Å²) in [6.07, 6.45) is 5.45. The van der Waals surface area contributed by atoms with E-state index in [9.17, 15) is 9.18 Å². The van der Waals surface area contributed by atoms with Crippen LogP contribution in [-0.2, 0) is 11.3 Å². The van der Waals surface area contributed by atoms with Crippen LogP contribution in [-0.4, -0.2) is 47.5 Å². The van der Waals surface area contributed by atoms with Gasteiger partial charge in [-0.1, -0.05) is 12.8 Å². The van der Waals surface area contributed by atoms with Crippen LogP contribution in [0.1, 0.15) is 49.5 Å². The molecule has 0 radical (unpaired) electrons. The largest absolute Gasteiger partial charge is 0.373 e. The zero-order valence-corrected chi connectivity index (χ0v) is 17.1. The minimum Gasteiger partial charge on any atom is -0.373 e. The Morgan fingerprint density at radius 2 is 1.93 bits per heavy atom. The molecule has 1 atom stereocenters. The monoisotopic (exact) mass is 397 g/mol. The number of benzene rings is 1. The standard InChI is InChI=1S/C22H28FN5O/c1-24-20-12-19(25-21(26-20)14-27(2)17-5-3-4-6-17)15-11-22(29)28(13-15)18-9-7-16(23)8-10-18/h7-10,12,15,17H,3-6,11,13-14H2,1-2H3,(H,24,25,26). The Labute approximate surface area is 171 Å². The maximum Gasteiger partial charge on any atom is 0.227 e. The first kappa shape index (κ1) is 19.8. The maximum absolute atomic E-state index is 13.2. The number of nitrogens with zero attached hydrogens (tertiary/aromatic N) is 4. The third-order valence-corrected chi connectivity index (χ3v) is 6.07. The summed E-state index contributed by atoms with van der Waals surface area (Å²) in [6.45, 7) is 1.25. The molecule has 1 N–H and O–H groups in total. The van der Waals surface area contributed by atoms with Crippen molar-refractivity contribution in [2.24, 2.45) is 0 Å². The number of carbonyl (C=O) groups is 1. The van der Waals surface area contributed by atoms with E-state index in [1.807, 2.05) is 13.1 Å². The Kier molecular flexibility index (Phi) is 5.76. The number of nitrogens with one attached hydrogen (secondary N) is 1. The van der Waals surface area contributed by atoms with Crippen LogP contribution in [0.25, 0.3) is 0 Å². The van der Waals surface area contributed by atoms with Crippen LogP contribution in [0.4, 0.5) is 15.9 Å². The molecule has 7 heteroatoms. The fourth-order valence-electron chi connectivity index (χ4n) is 4.40. The van der Waals surface area contributed by atoms with Gasteiger partial charge in [0, 0.05) is 43.7 Å². The molecule has 29 heavy (non-hydrogen) atoms. The van der Waals surface area contributed by atoms with Gasteiger partial charge < -0.3 is 10.2 Å². The summed E-state index contributed by atoms with van der Waals surface area (Å²) in [7, 11) is 3.99. The van der Waals surface area contributed by atoms with Gasteiger partial charge in [-0.2, -0.15) is 0 Å². The Hall–Kier alpha value is -2.54. The number of amides is 1. The lowest BCUT2D eigenvalue weighted by molar-refractivity contribution is -0.117. The molecule has 1 aromatic heterocycles. The summed E-state index contributed by atoms with van der Waals surface area (Å²) in [5.74, 6) is 1.29. The van der Waals surface area contributed by atoms with E-state index in [1.165, 1.54) is 37.8 Å². The quantitative estimate of drug-likeness (QED) is 0.808. The second-order valence-electron chi connectivity index (χ2n) is 8.08. The van der Waals surface area contributed by atoms with Crippen molar-refractivity contribution >= 4 is 17.4 Å². The molecule has 4 rings (SSSR count). The number of hydrogen-bond donors (Lipinski definition) is 1. The number of halogens is 1. The minimum absolute atomic E-state index is 0.00168. The molecule has 2 aromatic rings. The molecular weight excluding hydrogens is 369 g/mol. The van der Waals surface area contributed by atoms with E-state index in [4.69, 9.17) is 4.98 Å². The summed E-state index contributed by atoms with van der Waals surface area (Å²) in [5, 5.41) is 3.12. The summed E-state index contributed by atoms with van der Waals surface area (Å²) in [4.78, 5) is 26.1. The Balaban J connectivity index is 1.53. The van der Waals surface area contributed by atoms with Crippen molar-refractivity contribution in [1.82, 2.24) is 14.9 Å². The number of aromatic nitrogens is 2. The van der Waals surface area contributed by atoms with Crippen LogP contribution in [0.15, 0.2) is 30.3 Å². The van der Waals surface area contributed by atoms with E-state index >= 15 is 0 Å². The smallest absolute Gasteiger partial charge is 0.227 e. The van der Waals surface area contributed by atoms with Crippen LogP contribution in [0.3, 0.4) is 0 Å². The van der Waals surface area contributed by atoms with E-state index in [1.54, 1.807) is 17.0 Å². The van der Waals surface area contributed by atoms with Gasteiger partial charge in [-0.25, -0.2) is 14.4 Å². The SMILES string of the molecule is CNc1cc(C2CC(=O)N(c3ccc(F)cc3)C2)nc(CN(C)C2CCCC2)n1. The highest BCUT2D eigenvalue weighted by molar-refractivity contribution is 5.96. The lowest BCUT2D eigenvalue weighted by Crippen LogP contribution is -2.29. The van der Waals surface area contributed by atoms with Gasteiger partial charge in [-0.3, -0.25) is 9.69 Å². The summed E-state index contributed by atoms with van der Waals surface area (Å²) in [6, 6.07) is 8.61. The number of hydrogen-bond acceptors (Lipinski definition) is 5. The molecule has 1 aliphatic heterocycles. The molecule has 1 saturated heterocycles. The van der Waals surface area contributed by atoms with Gasteiger partial charge in [0.25, 0.3) is 0 Å². The summed E-state index contributed by atoms with van der Waals surface area (Å²) >= 11 is 0. The van der Waals surface area contributed by atoms with E-state index in [2.05, 4.69) is 22.2 Å². The average Bonchev–Trinajstić information content (AvgIpc) is 3.38. The molecule has 1 aliphatic carbocycles. The van der Waals surface area contributed by atoms with Gasteiger partial charge in [0.05, 0.1) is 12.2 Å². The topological polar surface area (TPSA) is 61.4 Å². The number of rotatable bonds is 6. The zero-order valence-electron chi connectivity index (χ0n) is 17.1. The Morgan fingerprint density at radius 1 is 1.21 bits per heavy atom. The predicted octanol–water partition coefficient (Wildman–Crippen LogP) is 3.55. The molecule has 1 unspecified atom stereocenters. The van der Waals surface area contributed by atoms with Crippen molar-refractivity contribution in [3.05, 3.63) is 47.7 Å². The predicted molar refractivity (Wildman–Crippen MR) is 111 cm³/mol. The average molecular weight is 397 g/mol. The van der Waals surface area contributed by atoms with Crippen molar-refractivity contribution in [2.45, 2.75) is 50.6 Å². The van der Waals surface area contributed by atoms with Gasteiger partial charge >= 0.3 is 0 Å². The molecule has 1 aromatic carbocycles. The van der Waals surface area contributed by atoms with Crippen LogP contribution in [0.2, 0.25) is 0 Å². The van der Waals surface area contributed by atoms with Gasteiger partial charge in [0.1, 0.15) is 17.5 Å².